The van der Waals surface area contributed by atoms with Gasteiger partial charge in [-0.25, -0.2) is 4.98 Å². The number of pyridine rings is 1. The van der Waals surface area contributed by atoms with E-state index in [4.69, 9.17) is 5.73 Å². The summed E-state index contributed by atoms with van der Waals surface area (Å²) in [5, 5.41) is 1.87. The molecule has 1 atom stereocenters. The van der Waals surface area contributed by atoms with Crippen LogP contribution >= 0.6 is 0 Å². The first-order chi connectivity index (χ1) is 10.2. The number of aromatic nitrogens is 1. The van der Waals surface area contributed by atoms with Crippen LogP contribution in [0.4, 0.5) is 5.82 Å². The normalized spacial score (nSPS) is 18.3. The number of carbonyl (C=O) groups is 1. The summed E-state index contributed by atoms with van der Waals surface area (Å²) in [6.45, 7) is 3.87. The number of nitrogen functional groups attached to an aromatic ring is 1. The van der Waals surface area contributed by atoms with Gasteiger partial charge in [-0.05, 0) is 30.2 Å². The van der Waals surface area contributed by atoms with Gasteiger partial charge in [0.15, 0.2) is 0 Å². The van der Waals surface area contributed by atoms with Crippen molar-refractivity contribution in [1.82, 2.24) is 9.88 Å². The van der Waals surface area contributed by atoms with Crippen molar-refractivity contribution in [2.75, 3.05) is 18.8 Å². The van der Waals surface area contributed by atoms with Gasteiger partial charge in [0, 0.05) is 18.5 Å². The highest BCUT2D eigenvalue weighted by atomic mass is 16.2. The van der Waals surface area contributed by atoms with Crippen LogP contribution in [-0.4, -0.2) is 28.9 Å². The zero-order valence-electron chi connectivity index (χ0n) is 12.4. The van der Waals surface area contributed by atoms with Gasteiger partial charge in [-0.1, -0.05) is 37.6 Å². The monoisotopic (exact) mass is 283 g/mol. The van der Waals surface area contributed by atoms with E-state index in [1.165, 1.54) is 12.8 Å². The molecule has 4 heteroatoms. The molecule has 0 radical (unpaired) electrons. The minimum atomic E-state index is 0.00561. The number of likely N-dealkylation sites (tertiary alicyclic amines) is 1. The molecule has 21 heavy (non-hydrogen) atoms. The van der Waals surface area contributed by atoms with Gasteiger partial charge in [0.1, 0.15) is 11.5 Å². The summed E-state index contributed by atoms with van der Waals surface area (Å²) in [5.41, 5.74) is 6.45. The van der Waals surface area contributed by atoms with Crippen LogP contribution < -0.4 is 5.73 Å². The quantitative estimate of drug-likeness (QED) is 0.941. The molecule has 1 fully saturated rings. The lowest BCUT2D eigenvalue weighted by Gasteiger charge is -2.16. The summed E-state index contributed by atoms with van der Waals surface area (Å²) in [5.74, 6) is 1.07. The number of benzene rings is 1. The molecule has 4 nitrogen and oxygen atoms in total. The Labute approximate surface area is 125 Å². The first kappa shape index (κ1) is 13.9. The van der Waals surface area contributed by atoms with Gasteiger partial charge in [0.05, 0.1) is 0 Å². The zero-order valence-corrected chi connectivity index (χ0v) is 12.4. The van der Waals surface area contributed by atoms with Crippen molar-refractivity contribution < 1.29 is 4.79 Å². The SMILES string of the molecule is CCCC1CCN(C(=O)c2cc3ccccc3c(N)n2)C1. The minimum absolute atomic E-state index is 0.00561. The average Bonchev–Trinajstić information content (AvgIpc) is 2.95. The van der Waals surface area contributed by atoms with E-state index in [-0.39, 0.29) is 5.91 Å². The second kappa shape index (κ2) is 5.72. The van der Waals surface area contributed by atoms with Crippen molar-refractivity contribution in [1.29, 1.82) is 0 Å². The summed E-state index contributed by atoms with van der Waals surface area (Å²) in [7, 11) is 0. The Hall–Kier alpha value is -2.10. The van der Waals surface area contributed by atoms with Gasteiger partial charge < -0.3 is 10.6 Å². The third-order valence-corrected chi connectivity index (χ3v) is 4.26. The second-order valence-corrected chi connectivity index (χ2v) is 5.81. The number of amides is 1. The average molecular weight is 283 g/mol. The summed E-state index contributed by atoms with van der Waals surface area (Å²) >= 11 is 0. The fourth-order valence-electron chi connectivity index (χ4n) is 3.16. The molecule has 110 valence electrons. The molecule has 1 aromatic carbocycles. The van der Waals surface area contributed by atoms with Crippen LogP contribution in [0.25, 0.3) is 10.8 Å². The summed E-state index contributed by atoms with van der Waals surface area (Å²) in [6.07, 6.45) is 3.47. The zero-order chi connectivity index (χ0) is 14.8. The van der Waals surface area contributed by atoms with E-state index in [1.54, 1.807) is 0 Å². The molecule has 2 heterocycles. The van der Waals surface area contributed by atoms with Crippen LogP contribution in [0, 0.1) is 5.92 Å². The van der Waals surface area contributed by atoms with Crippen molar-refractivity contribution in [2.24, 2.45) is 5.92 Å². The topological polar surface area (TPSA) is 59.2 Å². The third kappa shape index (κ3) is 2.71. The number of fused-ring (bicyclic) bond motifs is 1. The number of nitrogens with zero attached hydrogens (tertiary/aromatic N) is 2. The molecule has 1 unspecified atom stereocenters. The standard InChI is InChI=1S/C17H21N3O/c1-2-5-12-8-9-20(11-12)17(21)15-10-13-6-3-4-7-14(13)16(18)19-15/h3-4,6-7,10,12H,2,5,8-9,11H2,1H3,(H2,18,19). The lowest BCUT2D eigenvalue weighted by Crippen LogP contribution is -2.29. The van der Waals surface area contributed by atoms with Crippen LogP contribution in [0.1, 0.15) is 36.7 Å². The number of anilines is 1. The van der Waals surface area contributed by atoms with Crippen LogP contribution in [-0.2, 0) is 0 Å². The fourth-order valence-corrected chi connectivity index (χ4v) is 3.16. The van der Waals surface area contributed by atoms with Gasteiger partial charge in [-0.3, -0.25) is 4.79 Å². The molecule has 1 amide bonds. The molecule has 0 aliphatic carbocycles. The lowest BCUT2D eigenvalue weighted by molar-refractivity contribution is 0.0781. The van der Waals surface area contributed by atoms with Crippen LogP contribution in [0.15, 0.2) is 30.3 Å². The Morgan fingerprint density at radius 1 is 1.43 bits per heavy atom. The Kier molecular flexibility index (Phi) is 3.78. The lowest BCUT2D eigenvalue weighted by atomic mass is 10.0. The largest absolute Gasteiger partial charge is 0.383 e. The Balaban J connectivity index is 1.85. The van der Waals surface area contributed by atoms with Crippen LogP contribution in [0.2, 0.25) is 0 Å². The molecule has 1 aliphatic rings. The minimum Gasteiger partial charge on any atom is -0.383 e. The fraction of sp³-hybridized carbons (Fsp3) is 0.412. The van der Waals surface area contributed by atoms with Crippen molar-refractivity contribution in [3.8, 4) is 0 Å². The van der Waals surface area contributed by atoms with Crippen LogP contribution in [0.3, 0.4) is 0 Å². The number of rotatable bonds is 3. The number of nitrogens with two attached hydrogens (primary N) is 1. The maximum absolute atomic E-state index is 12.6. The molecular weight excluding hydrogens is 262 g/mol. The Morgan fingerprint density at radius 2 is 2.24 bits per heavy atom. The highest BCUT2D eigenvalue weighted by Crippen LogP contribution is 2.24. The maximum Gasteiger partial charge on any atom is 0.272 e. The molecule has 2 aromatic rings. The Morgan fingerprint density at radius 3 is 3.05 bits per heavy atom. The first-order valence-corrected chi connectivity index (χ1v) is 7.63. The predicted molar refractivity (Wildman–Crippen MR) is 85.1 cm³/mol. The molecule has 1 saturated heterocycles. The molecular formula is C17H21N3O. The summed E-state index contributed by atoms with van der Waals surface area (Å²) < 4.78 is 0. The maximum atomic E-state index is 12.6. The molecule has 3 rings (SSSR count). The number of hydrogen-bond donors (Lipinski definition) is 1. The first-order valence-electron chi connectivity index (χ1n) is 7.63. The van der Waals surface area contributed by atoms with Gasteiger partial charge in [0.25, 0.3) is 5.91 Å². The second-order valence-electron chi connectivity index (χ2n) is 5.81. The van der Waals surface area contributed by atoms with E-state index in [0.717, 1.165) is 30.3 Å². The van der Waals surface area contributed by atoms with Crippen molar-refractivity contribution in [2.45, 2.75) is 26.2 Å². The van der Waals surface area contributed by atoms with Crippen LogP contribution in [0.5, 0.6) is 0 Å². The Bertz CT molecular complexity index is 668. The van der Waals surface area contributed by atoms with Crippen molar-refractivity contribution in [3.63, 3.8) is 0 Å². The van der Waals surface area contributed by atoms with Crippen molar-refractivity contribution >= 4 is 22.5 Å². The van der Waals surface area contributed by atoms with E-state index in [0.29, 0.717) is 17.4 Å². The van der Waals surface area contributed by atoms with E-state index < -0.39 is 0 Å². The molecule has 2 N–H and O–H groups in total. The highest BCUT2D eigenvalue weighted by Gasteiger charge is 2.27. The van der Waals surface area contributed by atoms with E-state index in [1.807, 2.05) is 35.2 Å². The van der Waals surface area contributed by atoms with E-state index in [9.17, 15) is 4.79 Å². The van der Waals surface area contributed by atoms with Gasteiger partial charge in [-0.15, -0.1) is 0 Å². The molecule has 0 bridgehead atoms. The smallest absolute Gasteiger partial charge is 0.272 e. The van der Waals surface area contributed by atoms with E-state index in [2.05, 4.69) is 11.9 Å². The van der Waals surface area contributed by atoms with Crippen molar-refractivity contribution in [3.05, 3.63) is 36.0 Å². The molecule has 0 saturated carbocycles. The van der Waals surface area contributed by atoms with E-state index >= 15 is 0 Å². The third-order valence-electron chi connectivity index (χ3n) is 4.26. The number of hydrogen-bond acceptors (Lipinski definition) is 3. The number of carbonyl (C=O) groups excluding carboxylic acids is 1. The molecule has 0 spiro atoms. The summed E-state index contributed by atoms with van der Waals surface area (Å²) in [4.78, 5) is 18.8. The summed E-state index contributed by atoms with van der Waals surface area (Å²) in [6, 6.07) is 9.62. The van der Waals surface area contributed by atoms with Gasteiger partial charge in [0.2, 0.25) is 0 Å². The molecule has 1 aromatic heterocycles. The van der Waals surface area contributed by atoms with Gasteiger partial charge in [-0.2, -0.15) is 0 Å². The van der Waals surface area contributed by atoms with Gasteiger partial charge >= 0.3 is 0 Å². The molecule has 1 aliphatic heterocycles. The highest BCUT2D eigenvalue weighted by molar-refractivity contribution is 5.99. The predicted octanol–water partition coefficient (Wildman–Crippen LogP) is 3.08.